The summed E-state index contributed by atoms with van der Waals surface area (Å²) in [4.78, 5) is 25.9. The van der Waals surface area contributed by atoms with Crippen molar-refractivity contribution in [3.63, 3.8) is 0 Å². The number of hydrogen-bond acceptors (Lipinski definition) is 4. The first-order chi connectivity index (χ1) is 17.2. The van der Waals surface area contributed by atoms with Gasteiger partial charge in [0.25, 0.3) is 0 Å². The Balaban J connectivity index is 1.87. The van der Waals surface area contributed by atoms with Crippen LogP contribution in [0.4, 0.5) is 0 Å². The van der Waals surface area contributed by atoms with E-state index in [0.717, 1.165) is 0 Å². The molecule has 3 aromatic carbocycles. The van der Waals surface area contributed by atoms with Crippen LogP contribution < -0.4 is 14.8 Å². The summed E-state index contributed by atoms with van der Waals surface area (Å²) in [5.41, 5.74) is -1.15. The minimum absolute atomic E-state index is 0.125. The fraction of sp³-hybridized carbons (Fsp3) is 0.333. The van der Waals surface area contributed by atoms with Crippen molar-refractivity contribution in [3.8, 4) is 0 Å². The second-order valence-corrected chi connectivity index (χ2v) is 17.2. The van der Waals surface area contributed by atoms with Crippen molar-refractivity contribution >= 4 is 49.9 Å². The number of benzene rings is 3. The molecule has 2 atom stereocenters. The molecule has 1 aliphatic rings. The first kappa shape index (κ1) is 26.6. The molecule has 4 rings (SSSR count). The number of esters is 1. The van der Waals surface area contributed by atoms with Crippen molar-refractivity contribution in [2.75, 3.05) is 6.61 Å². The van der Waals surface area contributed by atoms with E-state index in [-0.39, 0.29) is 37.4 Å². The molecule has 0 amide bonds. The van der Waals surface area contributed by atoms with Crippen LogP contribution in [0.1, 0.15) is 40.5 Å². The zero-order chi connectivity index (χ0) is 25.8. The Bertz CT molecular complexity index is 1140. The molecule has 3 aromatic rings. The van der Waals surface area contributed by atoms with Crippen LogP contribution in [0.5, 0.6) is 0 Å². The van der Waals surface area contributed by atoms with E-state index in [1.165, 1.54) is 21.8 Å². The van der Waals surface area contributed by atoms with E-state index in [9.17, 15) is 9.59 Å². The van der Waals surface area contributed by atoms with Crippen LogP contribution in [-0.4, -0.2) is 46.6 Å². The Kier molecular flexibility index (Phi) is 8.01. The van der Waals surface area contributed by atoms with Gasteiger partial charge in [0.2, 0.25) is 0 Å². The number of ketones is 1. The maximum absolute atomic E-state index is 12.9. The molecular weight excluding hydrogens is 531 g/mol. The van der Waals surface area contributed by atoms with Crippen molar-refractivity contribution in [1.29, 1.82) is 0 Å². The summed E-state index contributed by atoms with van der Waals surface area (Å²) in [5.74, 6) is -0.542. The van der Waals surface area contributed by atoms with E-state index >= 15 is 0 Å². The second-order valence-electron chi connectivity index (χ2n) is 10.4. The molecule has 36 heavy (non-hydrogen) atoms. The molecule has 188 valence electrons. The molecule has 0 N–H and O–H groups in total. The van der Waals surface area contributed by atoms with Crippen molar-refractivity contribution in [2.45, 2.75) is 50.6 Å². The van der Waals surface area contributed by atoms with Gasteiger partial charge >= 0.3 is 222 Å². The zero-order valence-electron chi connectivity index (χ0n) is 21.4. The molecule has 1 fully saturated rings. The molecule has 0 spiro atoms. The van der Waals surface area contributed by atoms with Crippen LogP contribution in [-0.2, 0) is 18.8 Å². The molecule has 0 bridgehead atoms. The summed E-state index contributed by atoms with van der Waals surface area (Å²) < 4.78 is 14.0. The Hall–Kier alpha value is -2.50. The number of hydrogen-bond donors (Lipinski definition) is 0. The molecule has 0 aromatic heterocycles. The van der Waals surface area contributed by atoms with E-state index in [1.807, 2.05) is 30.3 Å². The summed E-state index contributed by atoms with van der Waals surface area (Å²) in [6.45, 7) is 8.54. The average Bonchev–Trinajstić information content (AvgIpc) is 3.24. The van der Waals surface area contributed by atoms with Gasteiger partial charge in [0.15, 0.2) is 0 Å². The summed E-state index contributed by atoms with van der Waals surface area (Å²) in [6.07, 6.45) is 0.743. The number of carbonyl (C=O) groups is 2. The van der Waals surface area contributed by atoms with Crippen LogP contribution in [0.25, 0.3) is 0 Å². The summed E-state index contributed by atoms with van der Waals surface area (Å²) in [7, 11) is -2.88. The molecule has 1 aliphatic heterocycles. The molecule has 0 saturated carbocycles. The first-order valence-corrected chi connectivity index (χ1v) is 16.1. The number of rotatable bonds is 9. The Morgan fingerprint density at radius 3 is 1.86 bits per heavy atom. The fourth-order valence-corrected chi connectivity index (χ4v) is 13.0. The second kappa shape index (κ2) is 10.9. The normalized spacial score (nSPS) is 19.1. The van der Waals surface area contributed by atoms with Gasteiger partial charge in [-0.1, -0.05) is 0 Å². The fourth-order valence-electron chi connectivity index (χ4n) is 5.14. The van der Waals surface area contributed by atoms with Gasteiger partial charge in [-0.25, -0.2) is 0 Å². The van der Waals surface area contributed by atoms with Crippen LogP contribution in [0.2, 0.25) is 5.04 Å². The third-order valence-corrected chi connectivity index (χ3v) is 14.7. The topological polar surface area (TPSA) is 52.6 Å². The number of carbonyl (C=O) groups excluding carboxylic acids is 2. The molecular formula is C30H34O4SeSi. The first-order valence-electron chi connectivity index (χ1n) is 12.4. The predicted molar refractivity (Wildman–Crippen MR) is 148 cm³/mol. The third-order valence-electron chi connectivity index (χ3n) is 7.08. The summed E-state index contributed by atoms with van der Waals surface area (Å²) in [6, 6.07) is 31.3. The van der Waals surface area contributed by atoms with Gasteiger partial charge in [-0.15, -0.1) is 0 Å². The van der Waals surface area contributed by atoms with Crippen LogP contribution in [0.3, 0.4) is 0 Å². The van der Waals surface area contributed by atoms with Crippen LogP contribution in [0, 0.1) is 5.41 Å². The molecule has 6 heteroatoms. The molecule has 2 unspecified atom stereocenters. The quantitative estimate of drug-likeness (QED) is 0.225. The summed E-state index contributed by atoms with van der Waals surface area (Å²) in [5, 5.41) is 1.87. The predicted octanol–water partition coefficient (Wildman–Crippen LogP) is 3.83. The average molecular weight is 566 g/mol. The Morgan fingerprint density at radius 2 is 1.44 bits per heavy atom. The van der Waals surface area contributed by atoms with Gasteiger partial charge in [-0.05, 0) is 0 Å². The van der Waals surface area contributed by atoms with Gasteiger partial charge in [0.05, 0.1) is 0 Å². The number of cyclic esters (lactones) is 1. The third kappa shape index (κ3) is 5.14. The van der Waals surface area contributed by atoms with Crippen LogP contribution in [0.15, 0.2) is 91.0 Å². The van der Waals surface area contributed by atoms with E-state index in [4.69, 9.17) is 9.16 Å². The van der Waals surface area contributed by atoms with Crippen molar-refractivity contribution in [2.24, 2.45) is 5.41 Å². The Labute approximate surface area is 221 Å². The van der Waals surface area contributed by atoms with Gasteiger partial charge < -0.3 is 0 Å². The maximum atomic E-state index is 12.9. The van der Waals surface area contributed by atoms with Crippen molar-refractivity contribution in [1.82, 2.24) is 0 Å². The summed E-state index contributed by atoms with van der Waals surface area (Å²) >= 11 is -0.125. The number of Topliss-reactive ketones (excluding diaryl/α,β-unsaturated/α-hetero) is 1. The molecule has 4 nitrogen and oxygen atoms in total. The van der Waals surface area contributed by atoms with E-state index < -0.39 is 19.7 Å². The van der Waals surface area contributed by atoms with Crippen molar-refractivity contribution < 1.29 is 18.8 Å². The van der Waals surface area contributed by atoms with E-state index in [1.54, 1.807) is 0 Å². The standard InChI is InChI=1S/C30H34O4SeSi/c1-23(31)30(20-21-33-28(30)32)22-27(35-24-14-8-5-9-15-24)34-36(29(2,3)4,25-16-10-6-11-17-25)26-18-12-7-13-19-26/h5-19,27H,20-22H2,1-4H3. The molecule has 0 radical (unpaired) electrons. The van der Waals surface area contributed by atoms with Crippen LogP contribution >= 0.6 is 0 Å². The minimum atomic E-state index is -2.88. The van der Waals surface area contributed by atoms with E-state index in [0.29, 0.717) is 12.8 Å². The van der Waals surface area contributed by atoms with Crippen molar-refractivity contribution in [3.05, 3.63) is 91.0 Å². The van der Waals surface area contributed by atoms with Gasteiger partial charge in [-0.2, -0.15) is 0 Å². The Morgan fingerprint density at radius 1 is 0.944 bits per heavy atom. The molecule has 1 heterocycles. The SMILES string of the molecule is CC(=O)C1(CC(O[Si](c2ccccc2)(c2ccccc2)C(C)(C)C)[Se]c2ccccc2)CCOC1=O. The van der Waals surface area contributed by atoms with Gasteiger partial charge in [-0.3, -0.25) is 0 Å². The molecule has 0 aliphatic carbocycles. The number of ether oxygens (including phenoxy) is 1. The van der Waals surface area contributed by atoms with Gasteiger partial charge in [0, 0.05) is 0 Å². The monoisotopic (exact) mass is 566 g/mol. The zero-order valence-corrected chi connectivity index (χ0v) is 24.1. The van der Waals surface area contributed by atoms with Gasteiger partial charge in [0.1, 0.15) is 0 Å². The molecule has 1 saturated heterocycles. The van der Waals surface area contributed by atoms with E-state index in [2.05, 4.69) is 81.4 Å².